The molecule has 0 aliphatic carbocycles. The molecule has 0 bridgehead atoms. The van der Waals surface area contributed by atoms with Crippen LogP contribution in [-0.4, -0.2) is 17.7 Å². The number of aryl methyl sites for hydroxylation is 1. The summed E-state index contributed by atoms with van der Waals surface area (Å²) >= 11 is 2.20. The molecular weight excluding hydrogens is 115 g/mol. The van der Waals surface area contributed by atoms with E-state index in [1.54, 1.807) is 0 Å². The molecule has 0 atom stereocenters. The molecule has 1 heteroatoms. The van der Waals surface area contributed by atoms with Gasteiger partial charge in [0.15, 0.2) is 0 Å². The summed E-state index contributed by atoms with van der Waals surface area (Å²) in [5, 5.41) is 1.16. The molecule has 0 spiro atoms. The van der Waals surface area contributed by atoms with Gasteiger partial charge in [0.1, 0.15) is 0 Å². The Balaban J connectivity index is 2.96. The predicted octanol–water partition coefficient (Wildman–Crippen LogP) is 1.92. The molecule has 1 aromatic carbocycles. The van der Waals surface area contributed by atoms with Crippen molar-refractivity contribution in [3.63, 3.8) is 0 Å². The van der Waals surface area contributed by atoms with Gasteiger partial charge in [-0.05, 0) is 0 Å². The Labute approximate surface area is 71.8 Å². The van der Waals surface area contributed by atoms with E-state index < -0.39 is 0 Å². The summed E-state index contributed by atoms with van der Waals surface area (Å²) in [4.78, 5) is 0. The van der Waals surface area contributed by atoms with Crippen LogP contribution in [0.15, 0.2) is 24.3 Å². The fraction of sp³-hybridized carbons (Fsp3) is 0.333. The first-order valence-corrected chi connectivity index (χ1v) is 3.95. The third-order valence-electron chi connectivity index (χ3n) is 1.88. The Hall–Kier alpha value is -0.183. The predicted molar refractivity (Wildman–Crippen MR) is 45.3 cm³/mol. The van der Waals surface area contributed by atoms with Crippen LogP contribution < -0.4 is 0 Å². The summed E-state index contributed by atoms with van der Waals surface area (Å²) < 4.78 is 0. The van der Waals surface area contributed by atoms with E-state index in [0.717, 1.165) is 11.5 Å². The van der Waals surface area contributed by atoms with Gasteiger partial charge in [-0.2, -0.15) is 0 Å². The van der Waals surface area contributed by atoms with E-state index in [1.807, 2.05) is 0 Å². The molecule has 0 saturated heterocycles. The molecule has 0 fully saturated rings. The van der Waals surface area contributed by atoms with Gasteiger partial charge in [0.05, 0.1) is 0 Å². The van der Waals surface area contributed by atoms with Crippen molar-refractivity contribution >= 4 is 17.7 Å². The first-order chi connectivity index (χ1) is 4.88. The molecule has 0 unspecified atom stereocenters. The van der Waals surface area contributed by atoms with Crippen molar-refractivity contribution in [3.8, 4) is 0 Å². The Bertz CT molecular complexity index is 183. The van der Waals surface area contributed by atoms with Gasteiger partial charge in [-0.15, -0.1) is 0 Å². The minimum atomic E-state index is 1.16. The summed E-state index contributed by atoms with van der Waals surface area (Å²) in [6.45, 7) is 2.20. The number of hydrogen-bond donors (Lipinski definition) is 0. The van der Waals surface area contributed by atoms with E-state index in [9.17, 15) is 0 Å². The van der Waals surface area contributed by atoms with Crippen molar-refractivity contribution in [2.75, 3.05) is 0 Å². The molecule has 1 rings (SSSR count). The topological polar surface area (TPSA) is 0 Å². The molecule has 0 heterocycles. The van der Waals surface area contributed by atoms with Crippen LogP contribution in [0, 0.1) is 0 Å². The fourth-order valence-corrected chi connectivity index (χ4v) is 1.25. The van der Waals surface area contributed by atoms with Gasteiger partial charge in [-0.3, -0.25) is 0 Å². The molecule has 10 heavy (non-hydrogen) atoms. The normalized spacial score (nSPS) is 9.90. The van der Waals surface area contributed by atoms with Crippen molar-refractivity contribution in [2.24, 2.45) is 0 Å². The molecule has 0 N–H and O–H groups in total. The zero-order valence-corrected chi connectivity index (χ0v) is 6.72. The average Bonchev–Trinajstić information content (AvgIpc) is 2.04. The van der Waals surface area contributed by atoms with E-state index in [2.05, 4.69) is 48.9 Å². The van der Waals surface area contributed by atoms with E-state index in [-0.39, 0.29) is 0 Å². The van der Waals surface area contributed by atoms with Crippen LogP contribution in [0.3, 0.4) is 0 Å². The third-order valence-corrected chi connectivity index (χ3v) is 1.88. The maximum atomic E-state index is 2.21. The second kappa shape index (κ2) is 3.86. The molecule has 48 valence electrons. The van der Waals surface area contributed by atoms with Crippen LogP contribution in [0.5, 0.6) is 0 Å². The first-order valence-electron chi connectivity index (χ1n) is 3.95. The molecule has 0 aliphatic heterocycles. The molecule has 0 radical (unpaired) electrons. The molecule has 0 saturated carbocycles. The summed E-state index contributed by atoms with van der Waals surface area (Å²) in [7, 11) is 0. The standard InChI is InChI=1S/C9H11.Li/c1-3-9-7-5-4-6-8(9)2;/h4-7H,2-3H2,1H3;. The zero-order valence-electron chi connectivity index (χ0n) is 6.72. The molecule has 0 aromatic heterocycles. The van der Waals surface area contributed by atoms with E-state index >= 15 is 0 Å². The first kappa shape index (κ1) is 7.92. The van der Waals surface area contributed by atoms with Crippen molar-refractivity contribution in [1.82, 2.24) is 0 Å². The van der Waals surface area contributed by atoms with E-state index in [4.69, 9.17) is 0 Å². The third kappa shape index (κ3) is 1.65. The summed E-state index contributed by atoms with van der Waals surface area (Å²) in [6.07, 6.45) is 1.16. The van der Waals surface area contributed by atoms with E-state index in [1.165, 1.54) is 11.1 Å². The minimum absolute atomic E-state index is 1.16. The Morgan fingerprint density at radius 1 is 1.20 bits per heavy atom. The molecule has 1 aromatic rings. The second-order valence-electron chi connectivity index (χ2n) is 2.48. The SMILES string of the molecule is [Li][CH2]c1ccccc1CC. The zero-order chi connectivity index (χ0) is 7.40. The number of hydrogen-bond acceptors (Lipinski definition) is 0. The molecular formula is C9H11Li. The van der Waals surface area contributed by atoms with Crippen LogP contribution in [0.4, 0.5) is 0 Å². The van der Waals surface area contributed by atoms with Crippen LogP contribution in [0.2, 0.25) is 0 Å². The number of benzene rings is 1. The Morgan fingerprint density at radius 3 is 2.20 bits per heavy atom. The van der Waals surface area contributed by atoms with Crippen molar-refractivity contribution in [3.05, 3.63) is 35.4 Å². The van der Waals surface area contributed by atoms with Crippen LogP contribution in [0.1, 0.15) is 18.1 Å². The quantitative estimate of drug-likeness (QED) is 0.531. The molecule has 0 aliphatic rings. The second-order valence-corrected chi connectivity index (χ2v) is 2.48. The van der Waals surface area contributed by atoms with Gasteiger partial charge in [-0.1, -0.05) is 0 Å². The summed E-state index contributed by atoms with van der Waals surface area (Å²) in [5.74, 6) is 0. The Morgan fingerprint density at radius 2 is 1.80 bits per heavy atom. The van der Waals surface area contributed by atoms with Gasteiger partial charge >= 0.3 is 71.5 Å². The van der Waals surface area contributed by atoms with Gasteiger partial charge in [0, 0.05) is 0 Å². The van der Waals surface area contributed by atoms with Crippen molar-refractivity contribution in [1.29, 1.82) is 0 Å². The average molecular weight is 126 g/mol. The van der Waals surface area contributed by atoms with Gasteiger partial charge < -0.3 is 0 Å². The van der Waals surface area contributed by atoms with Gasteiger partial charge in [0.2, 0.25) is 0 Å². The van der Waals surface area contributed by atoms with Gasteiger partial charge in [0.25, 0.3) is 0 Å². The molecule has 0 nitrogen and oxygen atoms in total. The number of rotatable bonds is 2. The summed E-state index contributed by atoms with van der Waals surface area (Å²) in [5.41, 5.74) is 2.98. The Kier molecular flexibility index (Phi) is 3.06. The summed E-state index contributed by atoms with van der Waals surface area (Å²) in [6, 6.07) is 8.63. The van der Waals surface area contributed by atoms with Crippen LogP contribution in [0.25, 0.3) is 0 Å². The van der Waals surface area contributed by atoms with Crippen LogP contribution in [-0.2, 0) is 11.5 Å². The molecule has 0 amide bonds. The fourth-order valence-electron chi connectivity index (χ4n) is 1.25. The van der Waals surface area contributed by atoms with Gasteiger partial charge in [-0.25, -0.2) is 0 Å². The van der Waals surface area contributed by atoms with E-state index in [0.29, 0.717) is 0 Å². The van der Waals surface area contributed by atoms with Crippen molar-refractivity contribution in [2.45, 2.75) is 18.4 Å². The van der Waals surface area contributed by atoms with Crippen LogP contribution >= 0.6 is 0 Å². The van der Waals surface area contributed by atoms with Crippen molar-refractivity contribution < 1.29 is 0 Å². The maximum absolute atomic E-state index is 2.21. The monoisotopic (exact) mass is 126 g/mol.